The summed E-state index contributed by atoms with van der Waals surface area (Å²) in [5, 5.41) is -0.547. The van der Waals surface area contributed by atoms with Gasteiger partial charge in [-0.3, -0.25) is 0 Å². The van der Waals surface area contributed by atoms with Gasteiger partial charge < -0.3 is 0 Å². The fourth-order valence-corrected chi connectivity index (χ4v) is 3.01. The first-order valence-corrected chi connectivity index (χ1v) is 7.96. The zero-order chi connectivity index (χ0) is 16.4. The van der Waals surface area contributed by atoms with Gasteiger partial charge in [0.15, 0.2) is 0 Å². The number of halogens is 4. The summed E-state index contributed by atoms with van der Waals surface area (Å²) in [6, 6.07) is 11.1. The third-order valence-corrected chi connectivity index (χ3v) is 4.59. The number of nitrogens with one attached hydrogen (secondary N) is 1. The van der Waals surface area contributed by atoms with Gasteiger partial charge in [-0.2, -0.15) is 13.2 Å². The first-order valence-electron chi connectivity index (χ1n) is 6.10. The van der Waals surface area contributed by atoms with Crippen LogP contribution in [0.4, 0.5) is 13.2 Å². The van der Waals surface area contributed by atoms with Gasteiger partial charge >= 0.3 is 6.18 Å². The lowest BCUT2D eigenvalue weighted by molar-refractivity contribution is -0.137. The molecule has 3 nitrogen and oxygen atoms in total. The van der Waals surface area contributed by atoms with E-state index in [2.05, 4.69) is 4.72 Å². The monoisotopic (exact) mass is 349 g/mol. The second kappa shape index (κ2) is 6.28. The zero-order valence-corrected chi connectivity index (χ0v) is 12.6. The van der Waals surface area contributed by atoms with E-state index in [4.69, 9.17) is 11.6 Å². The minimum atomic E-state index is -4.72. The molecule has 0 aliphatic heterocycles. The van der Waals surface area contributed by atoms with Crippen LogP contribution in [0.3, 0.4) is 0 Å². The minimum absolute atomic E-state index is 0.0207. The average Bonchev–Trinajstić information content (AvgIpc) is 2.45. The van der Waals surface area contributed by atoms with E-state index in [0.717, 1.165) is 12.1 Å². The van der Waals surface area contributed by atoms with Crippen LogP contribution in [-0.2, 0) is 22.7 Å². The van der Waals surface area contributed by atoms with Gasteiger partial charge in [0.1, 0.15) is 0 Å². The molecule has 0 atom stereocenters. The fraction of sp³-hybridized carbons (Fsp3) is 0.143. The lowest BCUT2D eigenvalue weighted by Gasteiger charge is -2.12. The molecule has 1 N–H and O–H groups in total. The standard InChI is InChI=1S/C14H11ClF3NO2S/c15-13-7-6-11(8-12(13)14(16,17)18)22(20,21)19-9-10-4-2-1-3-5-10/h1-8,19H,9H2. The van der Waals surface area contributed by atoms with Crippen molar-refractivity contribution in [3.8, 4) is 0 Å². The van der Waals surface area contributed by atoms with E-state index >= 15 is 0 Å². The normalized spacial score (nSPS) is 12.4. The van der Waals surface area contributed by atoms with Crippen LogP contribution in [0.25, 0.3) is 0 Å². The van der Waals surface area contributed by atoms with Crippen LogP contribution in [0, 0.1) is 0 Å². The number of hydrogen-bond donors (Lipinski definition) is 1. The lowest BCUT2D eigenvalue weighted by Crippen LogP contribution is -2.23. The first-order chi connectivity index (χ1) is 10.2. The summed E-state index contributed by atoms with van der Waals surface area (Å²) in [7, 11) is -4.07. The SMILES string of the molecule is O=S(=O)(NCc1ccccc1)c1ccc(Cl)c(C(F)(F)F)c1. The maximum absolute atomic E-state index is 12.8. The second-order valence-electron chi connectivity index (χ2n) is 4.45. The Morgan fingerprint density at radius 1 is 1.05 bits per heavy atom. The van der Waals surface area contributed by atoms with Gasteiger partial charge in [-0.15, -0.1) is 0 Å². The molecule has 2 rings (SSSR count). The van der Waals surface area contributed by atoms with Gasteiger partial charge in [0.25, 0.3) is 0 Å². The molecule has 2 aromatic carbocycles. The molecule has 0 fully saturated rings. The number of benzene rings is 2. The number of sulfonamides is 1. The van der Waals surface area contributed by atoms with E-state index in [1.165, 1.54) is 0 Å². The molecule has 0 radical (unpaired) electrons. The summed E-state index contributed by atoms with van der Waals surface area (Å²) in [5.74, 6) is 0. The molecule has 0 aromatic heterocycles. The van der Waals surface area contributed by atoms with Gasteiger partial charge in [-0.1, -0.05) is 41.9 Å². The van der Waals surface area contributed by atoms with Crippen molar-refractivity contribution in [1.29, 1.82) is 0 Å². The number of alkyl halides is 3. The zero-order valence-electron chi connectivity index (χ0n) is 11.1. The molecule has 0 amide bonds. The molecular weight excluding hydrogens is 339 g/mol. The van der Waals surface area contributed by atoms with Crippen LogP contribution in [-0.4, -0.2) is 8.42 Å². The van der Waals surface area contributed by atoms with E-state index in [-0.39, 0.29) is 6.54 Å². The highest BCUT2D eigenvalue weighted by atomic mass is 35.5. The number of rotatable bonds is 4. The van der Waals surface area contributed by atoms with Crippen molar-refractivity contribution in [2.45, 2.75) is 17.6 Å². The summed E-state index contributed by atoms with van der Waals surface area (Å²) >= 11 is 5.47. The summed E-state index contributed by atoms with van der Waals surface area (Å²) in [4.78, 5) is -0.486. The molecule has 22 heavy (non-hydrogen) atoms. The Morgan fingerprint density at radius 3 is 2.27 bits per heavy atom. The topological polar surface area (TPSA) is 46.2 Å². The largest absolute Gasteiger partial charge is 0.417 e. The fourth-order valence-electron chi connectivity index (χ4n) is 1.75. The van der Waals surface area contributed by atoms with Gasteiger partial charge in [-0.25, -0.2) is 13.1 Å². The Labute approximate surface area is 130 Å². The van der Waals surface area contributed by atoms with Gasteiger partial charge in [-0.05, 0) is 23.8 Å². The summed E-state index contributed by atoms with van der Waals surface area (Å²) in [6.07, 6.45) is -4.72. The van der Waals surface area contributed by atoms with Crippen molar-refractivity contribution in [2.24, 2.45) is 0 Å². The van der Waals surface area contributed by atoms with Gasteiger partial charge in [0.05, 0.1) is 15.5 Å². The molecule has 0 unspecified atom stereocenters. The third kappa shape index (κ3) is 4.00. The highest BCUT2D eigenvalue weighted by Crippen LogP contribution is 2.35. The van der Waals surface area contributed by atoms with Crippen LogP contribution >= 0.6 is 11.6 Å². The summed E-state index contributed by atoms with van der Waals surface area (Å²) < 4.78 is 64.7. The van der Waals surface area contributed by atoms with E-state index in [9.17, 15) is 21.6 Å². The maximum Gasteiger partial charge on any atom is 0.417 e. The van der Waals surface area contributed by atoms with Crippen molar-refractivity contribution in [3.05, 3.63) is 64.7 Å². The maximum atomic E-state index is 12.8. The van der Waals surface area contributed by atoms with Crippen LogP contribution < -0.4 is 4.72 Å². The van der Waals surface area contributed by atoms with E-state index in [1.54, 1.807) is 30.3 Å². The Balaban J connectivity index is 2.26. The minimum Gasteiger partial charge on any atom is -0.207 e. The molecule has 0 saturated carbocycles. The number of hydrogen-bond acceptors (Lipinski definition) is 2. The molecule has 0 spiro atoms. The highest BCUT2D eigenvalue weighted by molar-refractivity contribution is 7.89. The predicted octanol–water partition coefficient (Wildman–Crippen LogP) is 3.84. The Kier molecular flexibility index (Phi) is 4.79. The third-order valence-electron chi connectivity index (χ3n) is 2.86. The first kappa shape index (κ1) is 16.8. The molecule has 0 saturated heterocycles. The molecule has 118 valence electrons. The van der Waals surface area contributed by atoms with Crippen LogP contribution in [0.5, 0.6) is 0 Å². The molecule has 0 heterocycles. The van der Waals surface area contributed by atoms with Gasteiger partial charge in [0, 0.05) is 6.54 Å². The molecule has 0 aliphatic rings. The van der Waals surface area contributed by atoms with Gasteiger partial charge in [0.2, 0.25) is 10.0 Å². The average molecular weight is 350 g/mol. The Hall–Kier alpha value is -1.57. The molecule has 0 bridgehead atoms. The van der Waals surface area contributed by atoms with Crippen LogP contribution in [0.1, 0.15) is 11.1 Å². The van der Waals surface area contributed by atoms with E-state index in [1.807, 2.05) is 0 Å². The van der Waals surface area contributed by atoms with Crippen molar-refractivity contribution in [3.63, 3.8) is 0 Å². The molecular formula is C14H11ClF3NO2S. The molecule has 8 heteroatoms. The Morgan fingerprint density at radius 2 is 1.68 bits per heavy atom. The highest BCUT2D eigenvalue weighted by Gasteiger charge is 2.34. The Bertz CT molecular complexity index is 761. The van der Waals surface area contributed by atoms with Crippen LogP contribution in [0.2, 0.25) is 5.02 Å². The van der Waals surface area contributed by atoms with E-state index in [0.29, 0.717) is 11.6 Å². The molecule has 0 aliphatic carbocycles. The van der Waals surface area contributed by atoms with E-state index < -0.39 is 31.7 Å². The lowest BCUT2D eigenvalue weighted by atomic mass is 10.2. The van der Waals surface area contributed by atoms with Crippen molar-refractivity contribution in [1.82, 2.24) is 4.72 Å². The van der Waals surface area contributed by atoms with Crippen molar-refractivity contribution in [2.75, 3.05) is 0 Å². The summed E-state index contributed by atoms with van der Waals surface area (Å²) in [6.45, 7) is -0.0207. The second-order valence-corrected chi connectivity index (χ2v) is 6.62. The van der Waals surface area contributed by atoms with Crippen molar-refractivity contribution < 1.29 is 21.6 Å². The quantitative estimate of drug-likeness (QED) is 0.911. The van der Waals surface area contributed by atoms with Crippen LogP contribution in [0.15, 0.2) is 53.4 Å². The predicted molar refractivity (Wildman–Crippen MR) is 76.9 cm³/mol. The van der Waals surface area contributed by atoms with Crippen molar-refractivity contribution >= 4 is 21.6 Å². The molecule has 2 aromatic rings. The summed E-state index contributed by atoms with van der Waals surface area (Å²) in [5.41, 5.74) is -0.493. The smallest absolute Gasteiger partial charge is 0.207 e.